The van der Waals surface area contributed by atoms with Crippen molar-refractivity contribution in [1.82, 2.24) is 9.97 Å². The number of nitrogens with zero attached hydrogens (tertiary/aromatic N) is 2. The lowest BCUT2D eigenvalue weighted by Crippen LogP contribution is -2.15. The zero-order valence-corrected chi connectivity index (χ0v) is 20.1. The number of hydrogen-bond donors (Lipinski definition) is 2. The van der Waals surface area contributed by atoms with E-state index in [1.54, 1.807) is 24.3 Å². The van der Waals surface area contributed by atoms with Gasteiger partial charge in [0, 0.05) is 25.5 Å². The Bertz CT molecular complexity index is 1260. The molecular weight excluding hydrogens is 508 g/mol. The topological polar surface area (TPSA) is 80.9 Å². The highest BCUT2D eigenvalue weighted by atomic mass is 79.9. The minimum absolute atomic E-state index is 0.190. The molecule has 0 aliphatic heterocycles. The van der Waals surface area contributed by atoms with Crippen molar-refractivity contribution in [1.29, 1.82) is 0 Å². The fourth-order valence-corrected chi connectivity index (χ4v) is 4.16. The number of aromatic nitrogens is 2. The first-order valence-electron chi connectivity index (χ1n) is 9.64. The van der Waals surface area contributed by atoms with Gasteiger partial charge in [0.1, 0.15) is 10.7 Å². The number of nitrogen functional groups attached to an aromatic ring is 1. The summed E-state index contributed by atoms with van der Waals surface area (Å²) in [5, 5.41) is 4.07. The highest BCUT2D eigenvalue weighted by Gasteiger charge is 2.18. The zero-order valence-electron chi connectivity index (χ0n) is 17.0. The third kappa shape index (κ3) is 5.30. The van der Waals surface area contributed by atoms with Crippen LogP contribution in [0.3, 0.4) is 0 Å². The molecule has 0 fully saturated rings. The zero-order chi connectivity index (χ0) is 22.7. The molecule has 1 amide bonds. The molecule has 0 saturated carbocycles. The van der Waals surface area contributed by atoms with Gasteiger partial charge in [-0.3, -0.25) is 4.79 Å². The second-order valence-electron chi connectivity index (χ2n) is 7.00. The van der Waals surface area contributed by atoms with Gasteiger partial charge >= 0.3 is 0 Å². The summed E-state index contributed by atoms with van der Waals surface area (Å²) >= 11 is 10.8. The molecule has 0 aliphatic rings. The number of nitrogens with two attached hydrogens (primary N) is 1. The lowest BCUT2D eigenvalue weighted by atomic mass is 10.1. The van der Waals surface area contributed by atoms with Gasteiger partial charge in [-0.1, -0.05) is 69.1 Å². The van der Waals surface area contributed by atoms with Crippen LogP contribution in [0.4, 0.5) is 11.5 Å². The van der Waals surface area contributed by atoms with E-state index in [-0.39, 0.29) is 11.7 Å². The van der Waals surface area contributed by atoms with Crippen LogP contribution in [-0.4, -0.2) is 15.9 Å². The maximum absolute atomic E-state index is 12.9. The summed E-state index contributed by atoms with van der Waals surface area (Å²) in [4.78, 5) is 22.9. The molecule has 3 aromatic carbocycles. The van der Waals surface area contributed by atoms with Crippen LogP contribution in [0.25, 0.3) is 11.4 Å². The van der Waals surface area contributed by atoms with E-state index >= 15 is 0 Å². The Labute approximate surface area is 203 Å². The van der Waals surface area contributed by atoms with Crippen molar-refractivity contribution in [3.8, 4) is 11.4 Å². The van der Waals surface area contributed by atoms with Crippen molar-refractivity contribution in [2.24, 2.45) is 0 Å². The van der Waals surface area contributed by atoms with Gasteiger partial charge in [-0.05, 0) is 55.5 Å². The van der Waals surface area contributed by atoms with Crippen LogP contribution in [0.15, 0.2) is 87.2 Å². The maximum atomic E-state index is 12.9. The van der Waals surface area contributed by atoms with Crippen LogP contribution in [0.1, 0.15) is 15.9 Å². The molecule has 0 spiro atoms. The number of carbonyl (C=O) groups excluding carboxylic acids is 1. The van der Waals surface area contributed by atoms with Crippen molar-refractivity contribution >= 4 is 56.7 Å². The highest BCUT2D eigenvalue weighted by molar-refractivity contribution is 9.10. The largest absolute Gasteiger partial charge is 0.382 e. The molecule has 1 heterocycles. The van der Waals surface area contributed by atoms with Gasteiger partial charge in [-0.15, -0.1) is 0 Å². The minimum atomic E-state index is -0.283. The number of amides is 1. The third-order valence-electron chi connectivity index (χ3n) is 4.59. The number of hydrogen-bond acceptors (Lipinski definition) is 5. The van der Waals surface area contributed by atoms with Gasteiger partial charge in [-0.25, -0.2) is 9.97 Å². The number of anilines is 2. The first-order chi connectivity index (χ1) is 15.4. The van der Waals surface area contributed by atoms with E-state index < -0.39 is 0 Å². The first kappa shape index (κ1) is 22.3. The summed E-state index contributed by atoms with van der Waals surface area (Å²) < 4.78 is 0.951. The van der Waals surface area contributed by atoms with Crippen LogP contribution in [-0.2, 0) is 0 Å². The van der Waals surface area contributed by atoms with Gasteiger partial charge in [0.25, 0.3) is 5.91 Å². The average molecular weight is 526 g/mol. The molecular formula is C24H18BrClN4OS. The number of benzene rings is 3. The van der Waals surface area contributed by atoms with Crippen LogP contribution < -0.4 is 11.1 Å². The Balaban J connectivity index is 1.74. The summed E-state index contributed by atoms with van der Waals surface area (Å²) in [7, 11) is 0. The summed E-state index contributed by atoms with van der Waals surface area (Å²) in [5.74, 6) is 0.379. The van der Waals surface area contributed by atoms with Crippen LogP contribution >= 0.6 is 39.3 Å². The van der Waals surface area contributed by atoms with E-state index in [0.29, 0.717) is 27.1 Å². The summed E-state index contributed by atoms with van der Waals surface area (Å²) in [5.41, 5.74) is 9.09. The van der Waals surface area contributed by atoms with E-state index in [1.807, 2.05) is 55.5 Å². The van der Waals surface area contributed by atoms with Gasteiger partial charge in [0.2, 0.25) is 0 Å². The second-order valence-corrected chi connectivity index (χ2v) is 9.41. The van der Waals surface area contributed by atoms with Crippen molar-refractivity contribution in [3.63, 3.8) is 0 Å². The fourth-order valence-electron chi connectivity index (χ4n) is 2.88. The Morgan fingerprint density at radius 2 is 1.62 bits per heavy atom. The Hall–Kier alpha value is -2.87. The number of nitrogens with one attached hydrogen (secondary N) is 1. The second kappa shape index (κ2) is 9.73. The quantitative estimate of drug-likeness (QED) is 0.278. The molecule has 0 aliphatic carbocycles. The predicted octanol–water partition coefficient (Wildman–Crippen LogP) is 6.85. The van der Waals surface area contributed by atoms with E-state index in [9.17, 15) is 4.79 Å². The Morgan fingerprint density at radius 3 is 2.28 bits per heavy atom. The van der Waals surface area contributed by atoms with Crippen molar-refractivity contribution < 1.29 is 4.79 Å². The number of halogens is 2. The molecule has 8 heteroatoms. The smallest absolute Gasteiger partial charge is 0.255 e. The Kier molecular flexibility index (Phi) is 6.79. The monoisotopic (exact) mass is 524 g/mol. The van der Waals surface area contributed by atoms with Crippen molar-refractivity contribution in [3.05, 3.63) is 93.4 Å². The standard InChI is InChI=1S/C24H18BrClN4OS/c1-14-2-4-16(5-3-14)23(31)28-20-21(27)29-22(15-6-8-17(25)9-7-15)30-24(20)32-19-12-10-18(26)11-13-19/h2-13H,1H3,(H,28,31)(H2,27,29,30). The fraction of sp³-hybridized carbons (Fsp3) is 0.0417. The molecule has 5 nitrogen and oxygen atoms in total. The molecule has 160 valence electrons. The summed E-state index contributed by atoms with van der Waals surface area (Å²) in [6.07, 6.45) is 0. The van der Waals surface area contributed by atoms with Crippen molar-refractivity contribution in [2.75, 3.05) is 11.1 Å². The number of carbonyl (C=O) groups is 1. The van der Waals surface area contributed by atoms with E-state index in [2.05, 4.69) is 26.2 Å². The van der Waals surface area contributed by atoms with Crippen LogP contribution in [0.2, 0.25) is 5.02 Å². The molecule has 0 unspecified atom stereocenters. The number of rotatable bonds is 5. The lowest BCUT2D eigenvalue weighted by molar-refractivity contribution is 0.102. The molecule has 0 saturated heterocycles. The molecule has 0 bridgehead atoms. The SMILES string of the molecule is Cc1ccc(C(=O)Nc2c(N)nc(-c3ccc(Br)cc3)nc2Sc2ccc(Cl)cc2)cc1. The predicted molar refractivity (Wildman–Crippen MR) is 134 cm³/mol. The van der Waals surface area contributed by atoms with Crippen LogP contribution in [0.5, 0.6) is 0 Å². The Morgan fingerprint density at radius 1 is 0.969 bits per heavy atom. The highest BCUT2D eigenvalue weighted by Crippen LogP contribution is 2.37. The molecule has 32 heavy (non-hydrogen) atoms. The normalized spacial score (nSPS) is 10.7. The minimum Gasteiger partial charge on any atom is -0.382 e. The molecule has 4 rings (SSSR count). The molecule has 3 N–H and O–H groups in total. The first-order valence-corrected chi connectivity index (χ1v) is 11.6. The molecule has 1 aromatic heterocycles. The summed E-state index contributed by atoms with van der Waals surface area (Å²) in [6.45, 7) is 1.97. The molecule has 0 atom stereocenters. The molecule has 4 aromatic rings. The molecule has 0 radical (unpaired) electrons. The van der Waals surface area contributed by atoms with Gasteiger partial charge in [-0.2, -0.15) is 0 Å². The lowest BCUT2D eigenvalue weighted by Gasteiger charge is -2.14. The van der Waals surface area contributed by atoms with Gasteiger partial charge in [0.15, 0.2) is 11.6 Å². The average Bonchev–Trinajstić information content (AvgIpc) is 2.78. The van der Waals surface area contributed by atoms with E-state index in [4.69, 9.17) is 22.3 Å². The van der Waals surface area contributed by atoms with Crippen molar-refractivity contribution in [2.45, 2.75) is 16.8 Å². The van der Waals surface area contributed by atoms with Crippen LogP contribution in [0, 0.1) is 6.92 Å². The summed E-state index contributed by atoms with van der Waals surface area (Å²) in [6, 6.07) is 22.3. The van der Waals surface area contributed by atoms with Gasteiger partial charge in [0.05, 0.1) is 0 Å². The third-order valence-corrected chi connectivity index (χ3v) is 6.36. The van der Waals surface area contributed by atoms with E-state index in [0.717, 1.165) is 20.5 Å². The van der Waals surface area contributed by atoms with Gasteiger partial charge < -0.3 is 11.1 Å². The maximum Gasteiger partial charge on any atom is 0.255 e. The number of aryl methyl sites for hydroxylation is 1. The van der Waals surface area contributed by atoms with E-state index in [1.165, 1.54) is 11.8 Å².